The summed E-state index contributed by atoms with van der Waals surface area (Å²) >= 11 is 0. The summed E-state index contributed by atoms with van der Waals surface area (Å²) in [5, 5.41) is 12.0. The van der Waals surface area contributed by atoms with Gasteiger partial charge in [0.1, 0.15) is 11.9 Å². The van der Waals surface area contributed by atoms with E-state index in [1.807, 2.05) is 31.2 Å². The van der Waals surface area contributed by atoms with E-state index in [0.29, 0.717) is 25.4 Å². The quantitative estimate of drug-likeness (QED) is 0.764. The van der Waals surface area contributed by atoms with E-state index in [1.165, 1.54) is 0 Å². The van der Waals surface area contributed by atoms with Gasteiger partial charge >= 0.3 is 0 Å². The molecular weight excluding hydrogens is 310 g/mol. The Balaban J connectivity index is 1.65. The Morgan fingerprint density at radius 1 is 1.46 bits per heavy atom. The van der Waals surface area contributed by atoms with E-state index in [4.69, 9.17) is 14.6 Å². The number of H-pyrrole nitrogens is 1. The van der Waals surface area contributed by atoms with Crippen molar-refractivity contribution in [2.75, 3.05) is 13.2 Å². The number of aromatic amines is 1. The Labute approximate surface area is 140 Å². The van der Waals surface area contributed by atoms with Crippen LogP contribution in [0.15, 0.2) is 30.5 Å². The number of amides is 1. The monoisotopic (exact) mass is 331 g/mol. The first-order chi connectivity index (χ1) is 11.7. The minimum atomic E-state index is -0.275. The number of aryl methyl sites for hydroxylation is 1. The van der Waals surface area contributed by atoms with Gasteiger partial charge in [-0.2, -0.15) is 0 Å². The molecule has 2 atom stereocenters. The van der Waals surface area contributed by atoms with Gasteiger partial charge in [0.05, 0.1) is 25.9 Å². The summed E-state index contributed by atoms with van der Waals surface area (Å²) in [6, 6.07) is 7.00. The molecule has 1 amide bonds. The number of aliphatic hydroxyl groups is 1. The highest BCUT2D eigenvalue weighted by Gasteiger charge is 2.29. The second kappa shape index (κ2) is 7.46. The lowest BCUT2D eigenvalue weighted by Gasteiger charge is -2.32. The normalized spacial score (nSPS) is 20.6. The van der Waals surface area contributed by atoms with Gasteiger partial charge in [0.2, 0.25) is 0 Å². The SMILES string of the molecule is Cc1cnc(C(=O)N[C@@H]2COCC[C@H]2Oc2ccc(CO)cc2)[nH]1. The van der Waals surface area contributed by atoms with Crippen molar-refractivity contribution >= 4 is 5.91 Å². The minimum Gasteiger partial charge on any atom is -0.488 e. The molecule has 0 unspecified atom stereocenters. The fourth-order valence-corrected chi connectivity index (χ4v) is 2.61. The molecule has 2 aromatic rings. The fourth-order valence-electron chi connectivity index (χ4n) is 2.61. The number of carbonyl (C=O) groups excluding carboxylic acids is 1. The number of benzene rings is 1. The summed E-state index contributed by atoms with van der Waals surface area (Å²) in [6.45, 7) is 2.82. The van der Waals surface area contributed by atoms with E-state index >= 15 is 0 Å². The highest BCUT2D eigenvalue weighted by molar-refractivity contribution is 5.90. The van der Waals surface area contributed by atoms with E-state index < -0.39 is 0 Å². The third-order valence-corrected chi connectivity index (χ3v) is 3.92. The summed E-state index contributed by atoms with van der Waals surface area (Å²) < 4.78 is 11.5. The molecule has 1 aliphatic heterocycles. The Morgan fingerprint density at radius 2 is 2.25 bits per heavy atom. The number of rotatable bonds is 5. The molecular formula is C17H21N3O4. The molecule has 1 aromatic heterocycles. The molecule has 0 radical (unpaired) electrons. The molecule has 7 heteroatoms. The van der Waals surface area contributed by atoms with Crippen molar-refractivity contribution in [2.45, 2.75) is 32.1 Å². The van der Waals surface area contributed by atoms with Gasteiger partial charge < -0.3 is 24.9 Å². The highest BCUT2D eigenvalue weighted by Crippen LogP contribution is 2.19. The van der Waals surface area contributed by atoms with Crippen molar-refractivity contribution < 1.29 is 19.4 Å². The lowest BCUT2D eigenvalue weighted by atomic mass is 10.1. The molecule has 0 bridgehead atoms. The van der Waals surface area contributed by atoms with Gasteiger partial charge in [-0.25, -0.2) is 4.98 Å². The van der Waals surface area contributed by atoms with Gasteiger partial charge in [0.15, 0.2) is 5.82 Å². The van der Waals surface area contributed by atoms with Crippen LogP contribution < -0.4 is 10.1 Å². The molecule has 1 aromatic carbocycles. The number of nitrogens with zero attached hydrogens (tertiary/aromatic N) is 1. The molecule has 0 aliphatic carbocycles. The lowest BCUT2D eigenvalue weighted by molar-refractivity contribution is -0.00301. The van der Waals surface area contributed by atoms with E-state index in [-0.39, 0.29) is 30.5 Å². The van der Waals surface area contributed by atoms with Gasteiger partial charge in [-0.15, -0.1) is 0 Å². The fraction of sp³-hybridized carbons (Fsp3) is 0.412. The van der Waals surface area contributed by atoms with Crippen LogP contribution in [0.1, 0.15) is 28.3 Å². The van der Waals surface area contributed by atoms with Gasteiger partial charge in [0, 0.05) is 18.3 Å². The Morgan fingerprint density at radius 3 is 2.92 bits per heavy atom. The maximum absolute atomic E-state index is 12.3. The largest absolute Gasteiger partial charge is 0.488 e. The summed E-state index contributed by atoms with van der Waals surface area (Å²) in [5.74, 6) is 0.708. The molecule has 2 heterocycles. The Bertz CT molecular complexity index is 683. The van der Waals surface area contributed by atoms with Crippen molar-refractivity contribution in [3.8, 4) is 5.75 Å². The highest BCUT2D eigenvalue weighted by atomic mass is 16.5. The molecule has 24 heavy (non-hydrogen) atoms. The maximum atomic E-state index is 12.3. The molecule has 3 N–H and O–H groups in total. The molecule has 1 fully saturated rings. The smallest absolute Gasteiger partial charge is 0.287 e. The molecule has 0 saturated carbocycles. The molecule has 128 valence electrons. The van der Waals surface area contributed by atoms with Crippen LogP contribution in [-0.2, 0) is 11.3 Å². The van der Waals surface area contributed by atoms with Crippen LogP contribution >= 0.6 is 0 Å². The predicted octanol–water partition coefficient (Wildman–Crippen LogP) is 1.18. The van der Waals surface area contributed by atoms with Crippen LogP contribution in [0, 0.1) is 6.92 Å². The number of ether oxygens (including phenoxy) is 2. The topological polar surface area (TPSA) is 96.5 Å². The van der Waals surface area contributed by atoms with Gasteiger partial charge in [0.25, 0.3) is 5.91 Å². The first kappa shape index (κ1) is 16.5. The van der Waals surface area contributed by atoms with Crippen LogP contribution in [0.3, 0.4) is 0 Å². The van der Waals surface area contributed by atoms with Crippen LogP contribution in [0.5, 0.6) is 5.75 Å². The molecule has 7 nitrogen and oxygen atoms in total. The third kappa shape index (κ3) is 3.93. The average molecular weight is 331 g/mol. The standard InChI is InChI=1S/C17H21N3O4/c1-11-8-18-16(19-11)17(22)20-14-10-23-7-6-15(14)24-13-4-2-12(9-21)3-5-13/h2-5,8,14-15,21H,6-7,9-10H2,1H3,(H,18,19)(H,20,22)/t14-,15-/m1/s1. The number of nitrogens with one attached hydrogen (secondary N) is 2. The van der Waals surface area contributed by atoms with E-state index in [1.54, 1.807) is 6.20 Å². The third-order valence-electron chi connectivity index (χ3n) is 3.92. The molecule has 0 spiro atoms. The first-order valence-electron chi connectivity index (χ1n) is 7.92. The van der Waals surface area contributed by atoms with Crippen LogP contribution in [0.25, 0.3) is 0 Å². The second-order valence-corrected chi connectivity index (χ2v) is 5.82. The first-order valence-corrected chi connectivity index (χ1v) is 7.92. The summed E-state index contributed by atoms with van der Waals surface area (Å²) in [7, 11) is 0. The molecule has 1 saturated heterocycles. The number of aliphatic hydroxyl groups excluding tert-OH is 1. The number of aromatic nitrogens is 2. The zero-order valence-electron chi connectivity index (χ0n) is 13.5. The summed E-state index contributed by atoms with van der Waals surface area (Å²) in [6.07, 6.45) is 2.12. The van der Waals surface area contributed by atoms with Gasteiger partial charge in [-0.3, -0.25) is 4.79 Å². The zero-order chi connectivity index (χ0) is 16.9. The van der Waals surface area contributed by atoms with Gasteiger partial charge in [-0.1, -0.05) is 12.1 Å². The van der Waals surface area contributed by atoms with Crippen LogP contribution in [0.2, 0.25) is 0 Å². The van der Waals surface area contributed by atoms with Crippen molar-refractivity contribution in [1.82, 2.24) is 15.3 Å². The minimum absolute atomic E-state index is 0.00120. The van der Waals surface area contributed by atoms with Crippen molar-refractivity contribution in [3.63, 3.8) is 0 Å². The maximum Gasteiger partial charge on any atom is 0.287 e. The van der Waals surface area contributed by atoms with Crippen molar-refractivity contribution in [3.05, 3.63) is 47.5 Å². The van der Waals surface area contributed by atoms with Crippen molar-refractivity contribution in [1.29, 1.82) is 0 Å². The van der Waals surface area contributed by atoms with E-state index in [9.17, 15) is 4.79 Å². The number of carbonyl (C=O) groups is 1. The average Bonchev–Trinajstić information content (AvgIpc) is 3.04. The molecule has 3 rings (SSSR count). The zero-order valence-corrected chi connectivity index (χ0v) is 13.5. The van der Waals surface area contributed by atoms with E-state index in [0.717, 1.165) is 11.3 Å². The predicted molar refractivity (Wildman–Crippen MR) is 86.8 cm³/mol. The Kier molecular flexibility index (Phi) is 5.12. The van der Waals surface area contributed by atoms with E-state index in [2.05, 4.69) is 15.3 Å². The molecule has 1 aliphatic rings. The van der Waals surface area contributed by atoms with Crippen LogP contribution in [0.4, 0.5) is 0 Å². The van der Waals surface area contributed by atoms with Crippen LogP contribution in [-0.4, -0.2) is 46.3 Å². The number of hydrogen-bond acceptors (Lipinski definition) is 5. The lowest BCUT2D eigenvalue weighted by Crippen LogP contribution is -2.52. The van der Waals surface area contributed by atoms with Gasteiger partial charge in [-0.05, 0) is 24.6 Å². The second-order valence-electron chi connectivity index (χ2n) is 5.82. The summed E-state index contributed by atoms with van der Waals surface area (Å²) in [4.78, 5) is 19.2. The number of hydrogen-bond donors (Lipinski definition) is 3. The summed E-state index contributed by atoms with van der Waals surface area (Å²) in [5.41, 5.74) is 1.66. The van der Waals surface area contributed by atoms with Crippen molar-refractivity contribution in [2.24, 2.45) is 0 Å². The Hall–Kier alpha value is -2.38. The number of imidazole rings is 1.